The summed E-state index contributed by atoms with van der Waals surface area (Å²) in [6.07, 6.45) is 4.16. The van der Waals surface area contributed by atoms with Gasteiger partial charge < -0.3 is 10.3 Å². The van der Waals surface area contributed by atoms with Crippen LogP contribution in [-0.2, 0) is 19.5 Å². The Labute approximate surface area is 126 Å². The third-order valence-corrected chi connectivity index (χ3v) is 4.27. The van der Waals surface area contributed by atoms with Crippen molar-refractivity contribution >= 4 is 5.84 Å². The van der Waals surface area contributed by atoms with Crippen molar-refractivity contribution in [3.63, 3.8) is 0 Å². The summed E-state index contributed by atoms with van der Waals surface area (Å²) in [6, 6.07) is 1.83. The Morgan fingerprint density at radius 3 is 2.76 bits per heavy atom. The van der Waals surface area contributed by atoms with Crippen LogP contribution in [0.2, 0.25) is 0 Å². The Morgan fingerprint density at radius 1 is 1.38 bits per heavy atom. The molecular formula is C16H26N4O. The highest BCUT2D eigenvalue weighted by Crippen LogP contribution is 2.19. The molecule has 0 unspecified atom stereocenters. The van der Waals surface area contributed by atoms with E-state index in [0.717, 1.165) is 63.1 Å². The molecule has 1 aliphatic rings. The number of fused-ring (bicyclic) bond motifs is 1. The predicted octanol–water partition coefficient (Wildman–Crippen LogP) is 1.70. The maximum atomic E-state index is 12.6. The monoisotopic (exact) mass is 290 g/mol. The van der Waals surface area contributed by atoms with Gasteiger partial charge in [0, 0.05) is 31.7 Å². The molecule has 0 saturated carbocycles. The normalized spacial score (nSPS) is 15.0. The van der Waals surface area contributed by atoms with Crippen LogP contribution >= 0.6 is 0 Å². The van der Waals surface area contributed by atoms with Gasteiger partial charge in [0.2, 0.25) is 0 Å². The van der Waals surface area contributed by atoms with E-state index in [2.05, 4.69) is 18.7 Å². The Hall–Kier alpha value is -1.62. The molecule has 0 aliphatic carbocycles. The van der Waals surface area contributed by atoms with Crippen LogP contribution in [0.3, 0.4) is 0 Å². The second kappa shape index (κ2) is 6.89. The molecule has 116 valence electrons. The van der Waals surface area contributed by atoms with Gasteiger partial charge in [-0.05, 0) is 24.6 Å². The van der Waals surface area contributed by atoms with Gasteiger partial charge in [-0.15, -0.1) is 0 Å². The molecule has 0 atom stereocenters. The highest BCUT2D eigenvalue weighted by molar-refractivity contribution is 5.94. The number of likely N-dealkylation sites (N-methyl/N-ethyl adjacent to an activating group) is 1. The van der Waals surface area contributed by atoms with Gasteiger partial charge in [0.1, 0.15) is 5.84 Å². The van der Waals surface area contributed by atoms with Gasteiger partial charge in [-0.2, -0.15) is 0 Å². The fourth-order valence-corrected chi connectivity index (χ4v) is 3.00. The first-order valence-corrected chi connectivity index (χ1v) is 7.90. The van der Waals surface area contributed by atoms with Crippen LogP contribution in [0, 0.1) is 5.41 Å². The van der Waals surface area contributed by atoms with E-state index in [4.69, 9.17) is 11.1 Å². The van der Waals surface area contributed by atoms with Gasteiger partial charge in [-0.1, -0.05) is 26.7 Å². The third kappa shape index (κ3) is 3.35. The fraction of sp³-hybridized carbons (Fsp3) is 0.625. The van der Waals surface area contributed by atoms with Gasteiger partial charge in [-0.25, -0.2) is 0 Å². The van der Waals surface area contributed by atoms with E-state index in [-0.39, 0.29) is 11.4 Å². The van der Waals surface area contributed by atoms with E-state index in [9.17, 15) is 4.79 Å². The van der Waals surface area contributed by atoms with Crippen LogP contribution < -0.4 is 11.3 Å². The van der Waals surface area contributed by atoms with Crippen molar-refractivity contribution in [2.24, 2.45) is 5.73 Å². The molecule has 21 heavy (non-hydrogen) atoms. The molecule has 5 heteroatoms. The van der Waals surface area contributed by atoms with Gasteiger partial charge in [0.05, 0.1) is 5.56 Å². The summed E-state index contributed by atoms with van der Waals surface area (Å²) < 4.78 is 1.87. The number of hydrogen-bond donors (Lipinski definition) is 2. The third-order valence-electron chi connectivity index (χ3n) is 4.27. The van der Waals surface area contributed by atoms with E-state index in [1.807, 2.05) is 10.6 Å². The summed E-state index contributed by atoms with van der Waals surface area (Å²) in [4.78, 5) is 14.9. The number of amidine groups is 1. The minimum absolute atomic E-state index is 0.0951. The molecule has 0 radical (unpaired) electrons. The molecule has 0 spiro atoms. The average molecular weight is 290 g/mol. The maximum absolute atomic E-state index is 12.6. The maximum Gasteiger partial charge on any atom is 0.261 e. The lowest BCUT2D eigenvalue weighted by Crippen LogP contribution is -2.38. The number of nitrogen functional groups attached to an aromatic ring is 1. The molecule has 1 aromatic rings. The Kier molecular flexibility index (Phi) is 5.17. The fourth-order valence-electron chi connectivity index (χ4n) is 3.00. The van der Waals surface area contributed by atoms with E-state index in [1.54, 1.807) is 0 Å². The zero-order chi connectivity index (χ0) is 15.4. The molecule has 1 aliphatic heterocycles. The van der Waals surface area contributed by atoms with E-state index < -0.39 is 0 Å². The topological polar surface area (TPSA) is 75.1 Å². The van der Waals surface area contributed by atoms with Crippen molar-refractivity contribution in [3.8, 4) is 0 Å². The molecule has 0 fully saturated rings. The average Bonchev–Trinajstić information content (AvgIpc) is 2.48. The largest absolute Gasteiger partial charge is 0.384 e. The molecule has 0 saturated heterocycles. The molecule has 0 amide bonds. The van der Waals surface area contributed by atoms with E-state index >= 15 is 0 Å². The smallest absolute Gasteiger partial charge is 0.261 e. The highest BCUT2D eigenvalue weighted by atomic mass is 16.1. The number of pyridine rings is 1. The number of nitrogens with two attached hydrogens (primary N) is 1. The van der Waals surface area contributed by atoms with Crippen LogP contribution in [0.4, 0.5) is 0 Å². The Morgan fingerprint density at radius 2 is 2.14 bits per heavy atom. The predicted molar refractivity (Wildman–Crippen MR) is 85.9 cm³/mol. The highest BCUT2D eigenvalue weighted by Gasteiger charge is 2.21. The first-order valence-electron chi connectivity index (χ1n) is 7.90. The first kappa shape index (κ1) is 15.8. The minimum atomic E-state index is -0.124. The zero-order valence-corrected chi connectivity index (χ0v) is 13.1. The van der Waals surface area contributed by atoms with Crippen molar-refractivity contribution in [1.29, 1.82) is 5.41 Å². The van der Waals surface area contributed by atoms with Gasteiger partial charge in [0.15, 0.2) is 0 Å². The lowest BCUT2D eigenvalue weighted by atomic mass is 10.0. The standard InChI is InChI=1S/C16H26N4O/c1-3-5-6-8-20-14-7-9-19(4-2)11-12(14)10-13(15(17)18)16(20)21/h10H,3-9,11H2,1-2H3,(H3,17,18). The van der Waals surface area contributed by atoms with Crippen molar-refractivity contribution in [1.82, 2.24) is 9.47 Å². The second-order valence-electron chi connectivity index (χ2n) is 5.73. The van der Waals surface area contributed by atoms with Crippen molar-refractivity contribution in [3.05, 3.63) is 33.2 Å². The summed E-state index contributed by atoms with van der Waals surface area (Å²) in [7, 11) is 0. The molecule has 2 rings (SSSR count). The van der Waals surface area contributed by atoms with Gasteiger partial charge in [-0.3, -0.25) is 15.1 Å². The number of hydrogen-bond acceptors (Lipinski definition) is 3. The number of aromatic nitrogens is 1. The van der Waals surface area contributed by atoms with Gasteiger partial charge in [0.25, 0.3) is 5.56 Å². The van der Waals surface area contributed by atoms with Crippen LogP contribution in [-0.4, -0.2) is 28.4 Å². The van der Waals surface area contributed by atoms with Crippen LogP contribution in [0.25, 0.3) is 0 Å². The van der Waals surface area contributed by atoms with Crippen molar-refractivity contribution < 1.29 is 0 Å². The first-order chi connectivity index (χ1) is 10.1. The summed E-state index contributed by atoms with van der Waals surface area (Å²) in [5.41, 5.74) is 8.15. The molecule has 5 nitrogen and oxygen atoms in total. The molecular weight excluding hydrogens is 264 g/mol. The van der Waals surface area contributed by atoms with Crippen LogP contribution in [0.1, 0.15) is 49.9 Å². The van der Waals surface area contributed by atoms with Crippen LogP contribution in [0.5, 0.6) is 0 Å². The van der Waals surface area contributed by atoms with Gasteiger partial charge >= 0.3 is 0 Å². The SMILES string of the molecule is CCCCCn1c2c(cc(C(=N)N)c1=O)CN(CC)CC2. The van der Waals surface area contributed by atoms with Crippen molar-refractivity contribution in [2.75, 3.05) is 13.1 Å². The zero-order valence-electron chi connectivity index (χ0n) is 13.1. The Bertz CT molecular complexity index is 576. The van der Waals surface area contributed by atoms with Crippen molar-refractivity contribution in [2.45, 2.75) is 52.6 Å². The number of unbranched alkanes of at least 4 members (excludes halogenated alkanes) is 2. The van der Waals surface area contributed by atoms with E-state index in [1.165, 1.54) is 0 Å². The summed E-state index contributed by atoms with van der Waals surface area (Å²) >= 11 is 0. The summed E-state index contributed by atoms with van der Waals surface area (Å²) in [5.74, 6) is -0.124. The number of rotatable bonds is 6. The number of nitrogens with zero attached hydrogens (tertiary/aromatic N) is 2. The second-order valence-corrected chi connectivity index (χ2v) is 5.73. The molecule has 3 N–H and O–H groups in total. The molecule has 0 bridgehead atoms. The lowest BCUT2D eigenvalue weighted by molar-refractivity contribution is 0.261. The molecule has 2 heterocycles. The quantitative estimate of drug-likeness (QED) is 0.476. The Balaban J connectivity index is 2.43. The van der Waals surface area contributed by atoms with Crippen LogP contribution in [0.15, 0.2) is 10.9 Å². The summed E-state index contributed by atoms with van der Waals surface area (Å²) in [5, 5.41) is 7.65. The lowest BCUT2D eigenvalue weighted by Gasteiger charge is -2.30. The summed E-state index contributed by atoms with van der Waals surface area (Å²) in [6.45, 7) is 7.89. The van der Waals surface area contributed by atoms with E-state index in [0.29, 0.717) is 5.56 Å². The number of nitrogens with one attached hydrogen (secondary N) is 1. The molecule has 1 aromatic heterocycles. The minimum Gasteiger partial charge on any atom is -0.384 e. The molecule has 0 aromatic carbocycles.